The van der Waals surface area contributed by atoms with Gasteiger partial charge < -0.3 is 10.1 Å². The van der Waals surface area contributed by atoms with Crippen LogP contribution in [0.4, 0.5) is 8.78 Å². The lowest BCUT2D eigenvalue weighted by Gasteiger charge is -2.10. The van der Waals surface area contributed by atoms with Gasteiger partial charge in [-0.25, -0.2) is 8.78 Å². The minimum Gasteiger partial charge on any atom is -0.376 e. The van der Waals surface area contributed by atoms with Crippen LogP contribution in [0.25, 0.3) is 0 Å². The molecule has 1 aliphatic heterocycles. The van der Waals surface area contributed by atoms with Gasteiger partial charge in [0.1, 0.15) is 11.6 Å². The Hall–Kier alpha value is -1.14. The van der Waals surface area contributed by atoms with E-state index in [0.717, 1.165) is 49.4 Å². The maximum absolute atomic E-state index is 13.3. The fraction of sp³-hybridized carbons (Fsp3) is 0.462. The van der Waals surface area contributed by atoms with Gasteiger partial charge in [-0.15, -0.1) is 11.8 Å². The van der Waals surface area contributed by atoms with E-state index in [1.54, 1.807) is 0 Å². The van der Waals surface area contributed by atoms with Crippen molar-refractivity contribution in [3.8, 4) is 0 Å². The molecule has 0 radical (unpaired) electrons. The Balaban J connectivity index is 1.74. The van der Waals surface area contributed by atoms with Crippen molar-refractivity contribution in [2.24, 2.45) is 0 Å². The summed E-state index contributed by atoms with van der Waals surface area (Å²) in [6.45, 7) is 1.22. The molecule has 6 heteroatoms. The maximum Gasteiger partial charge on any atom is 0.230 e. The summed E-state index contributed by atoms with van der Waals surface area (Å²) >= 11 is 0.984. The smallest absolute Gasteiger partial charge is 0.230 e. The summed E-state index contributed by atoms with van der Waals surface area (Å²) in [7, 11) is 0. The Morgan fingerprint density at radius 1 is 1.47 bits per heavy atom. The summed E-state index contributed by atoms with van der Waals surface area (Å²) < 4.78 is 31.6. The van der Waals surface area contributed by atoms with Crippen molar-refractivity contribution >= 4 is 17.7 Å². The molecule has 3 nitrogen and oxygen atoms in total. The first-order valence-corrected chi connectivity index (χ1v) is 7.10. The Morgan fingerprint density at radius 3 is 3.05 bits per heavy atom. The van der Waals surface area contributed by atoms with Crippen molar-refractivity contribution in [2.75, 3.05) is 18.9 Å². The Bertz CT molecular complexity index is 450. The highest BCUT2D eigenvalue weighted by atomic mass is 32.2. The number of benzene rings is 1. The predicted molar refractivity (Wildman–Crippen MR) is 69.1 cm³/mol. The first-order chi connectivity index (χ1) is 9.15. The van der Waals surface area contributed by atoms with E-state index in [1.807, 2.05) is 0 Å². The Labute approximate surface area is 114 Å². The second kappa shape index (κ2) is 6.86. The summed E-state index contributed by atoms with van der Waals surface area (Å²) in [4.78, 5) is 11.7. The van der Waals surface area contributed by atoms with Gasteiger partial charge in [0.15, 0.2) is 0 Å². The van der Waals surface area contributed by atoms with Gasteiger partial charge in [0.05, 0.1) is 11.9 Å². The Morgan fingerprint density at radius 2 is 2.32 bits per heavy atom. The molecule has 19 heavy (non-hydrogen) atoms. The third-order valence-corrected chi connectivity index (χ3v) is 3.83. The van der Waals surface area contributed by atoms with Crippen LogP contribution in [0.3, 0.4) is 0 Å². The molecule has 1 atom stereocenters. The molecule has 0 spiro atoms. The van der Waals surface area contributed by atoms with E-state index < -0.39 is 11.6 Å². The molecule has 1 heterocycles. The molecule has 1 N–H and O–H groups in total. The molecular weight excluding hydrogens is 272 g/mol. The van der Waals surface area contributed by atoms with Gasteiger partial charge in [0.25, 0.3) is 0 Å². The molecule has 1 aliphatic rings. The van der Waals surface area contributed by atoms with Gasteiger partial charge in [-0.1, -0.05) is 0 Å². The zero-order valence-corrected chi connectivity index (χ0v) is 11.1. The van der Waals surface area contributed by atoms with Crippen molar-refractivity contribution < 1.29 is 18.3 Å². The van der Waals surface area contributed by atoms with E-state index in [4.69, 9.17) is 4.74 Å². The summed E-state index contributed by atoms with van der Waals surface area (Å²) in [5, 5.41) is 2.73. The zero-order valence-electron chi connectivity index (χ0n) is 10.3. The third kappa shape index (κ3) is 4.47. The third-order valence-electron chi connectivity index (χ3n) is 2.80. The van der Waals surface area contributed by atoms with Crippen molar-refractivity contribution in [3.05, 3.63) is 29.8 Å². The molecular formula is C13H15F2NO2S. The number of rotatable bonds is 5. The number of nitrogens with one attached hydrogen (secondary N) is 1. The lowest BCUT2D eigenvalue weighted by molar-refractivity contribution is -0.119. The van der Waals surface area contributed by atoms with Crippen LogP contribution in [0.1, 0.15) is 12.8 Å². The number of ether oxygens (including phenoxy) is 1. The second-order valence-corrected chi connectivity index (χ2v) is 5.32. The minimum atomic E-state index is -0.515. The molecule has 1 aromatic carbocycles. The van der Waals surface area contributed by atoms with Crippen molar-refractivity contribution in [1.82, 2.24) is 5.32 Å². The van der Waals surface area contributed by atoms with Gasteiger partial charge in [-0.3, -0.25) is 4.79 Å². The van der Waals surface area contributed by atoms with Crippen molar-refractivity contribution in [2.45, 2.75) is 23.8 Å². The average molecular weight is 287 g/mol. The van der Waals surface area contributed by atoms with E-state index in [2.05, 4.69) is 5.32 Å². The van der Waals surface area contributed by atoms with Crippen LogP contribution >= 0.6 is 11.8 Å². The first kappa shape index (κ1) is 14.3. The van der Waals surface area contributed by atoms with Crippen LogP contribution < -0.4 is 5.32 Å². The van der Waals surface area contributed by atoms with Gasteiger partial charge in [0.2, 0.25) is 5.91 Å². The lowest BCUT2D eigenvalue weighted by Crippen LogP contribution is -2.32. The number of thioether (sulfide) groups is 1. The normalized spacial score (nSPS) is 18.5. The molecule has 1 unspecified atom stereocenters. The highest BCUT2D eigenvalue weighted by Gasteiger charge is 2.16. The number of carbonyl (C=O) groups is 1. The van der Waals surface area contributed by atoms with Crippen LogP contribution in [0.15, 0.2) is 23.1 Å². The van der Waals surface area contributed by atoms with Crippen LogP contribution in [-0.4, -0.2) is 30.9 Å². The standard InChI is InChI=1S/C13H15F2NO2S/c14-9-3-4-11(15)12(6-9)19-8-13(17)16-7-10-2-1-5-18-10/h3-4,6,10H,1-2,5,7-8H2,(H,16,17). The summed E-state index contributed by atoms with van der Waals surface area (Å²) in [5.41, 5.74) is 0. The van der Waals surface area contributed by atoms with Crippen LogP contribution in [0.2, 0.25) is 0 Å². The first-order valence-electron chi connectivity index (χ1n) is 6.11. The predicted octanol–water partition coefficient (Wildman–Crippen LogP) is 2.35. The van der Waals surface area contributed by atoms with E-state index >= 15 is 0 Å². The van der Waals surface area contributed by atoms with E-state index in [0.29, 0.717) is 6.54 Å². The average Bonchev–Trinajstić information content (AvgIpc) is 2.90. The lowest BCUT2D eigenvalue weighted by atomic mass is 10.2. The van der Waals surface area contributed by atoms with E-state index in [-0.39, 0.29) is 22.7 Å². The monoisotopic (exact) mass is 287 g/mol. The van der Waals surface area contributed by atoms with Crippen LogP contribution in [0.5, 0.6) is 0 Å². The summed E-state index contributed by atoms with van der Waals surface area (Å²) in [5.74, 6) is -1.17. The summed E-state index contributed by atoms with van der Waals surface area (Å²) in [6, 6.07) is 3.20. The molecule has 1 amide bonds. The number of hydrogen-bond donors (Lipinski definition) is 1. The molecule has 0 aromatic heterocycles. The van der Waals surface area contributed by atoms with Crippen molar-refractivity contribution in [1.29, 1.82) is 0 Å². The van der Waals surface area contributed by atoms with Gasteiger partial charge in [0, 0.05) is 18.0 Å². The number of carbonyl (C=O) groups excluding carboxylic acids is 1. The second-order valence-electron chi connectivity index (χ2n) is 4.30. The molecule has 1 saturated heterocycles. The van der Waals surface area contributed by atoms with E-state index in [1.165, 1.54) is 0 Å². The van der Waals surface area contributed by atoms with Crippen LogP contribution in [-0.2, 0) is 9.53 Å². The summed E-state index contributed by atoms with van der Waals surface area (Å²) in [6.07, 6.45) is 2.05. The Kier molecular flexibility index (Phi) is 5.15. The quantitative estimate of drug-likeness (QED) is 0.845. The van der Waals surface area contributed by atoms with Gasteiger partial charge in [-0.2, -0.15) is 0 Å². The van der Waals surface area contributed by atoms with Gasteiger partial charge in [-0.05, 0) is 31.0 Å². The molecule has 0 bridgehead atoms. The number of hydrogen-bond acceptors (Lipinski definition) is 3. The number of amides is 1. The van der Waals surface area contributed by atoms with E-state index in [9.17, 15) is 13.6 Å². The van der Waals surface area contributed by atoms with Crippen molar-refractivity contribution in [3.63, 3.8) is 0 Å². The molecule has 104 valence electrons. The zero-order chi connectivity index (χ0) is 13.7. The highest BCUT2D eigenvalue weighted by molar-refractivity contribution is 8.00. The topological polar surface area (TPSA) is 38.3 Å². The fourth-order valence-electron chi connectivity index (χ4n) is 1.82. The minimum absolute atomic E-state index is 0.0626. The SMILES string of the molecule is O=C(CSc1cc(F)ccc1F)NCC1CCCO1. The molecule has 0 aliphatic carbocycles. The molecule has 1 aromatic rings. The number of halogens is 2. The highest BCUT2D eigenvalue weighted by Crippen LogP contribution is 2.22. The molecule has 0 saturated carbocycles. The van der Waals surface area contributed by atoms with Crippen LogP contribution in [0, 0.1) is 11.6 Å². The fourth-order valence-corrected chi connectivity index (χ4v) is 2.61. The molecule has 1 fully saturated rings. The molecule has 2 rings (SSSR count). The van der Waals surface area contributed by atoms with Gasteiger partial charge >= 0.3 is 0 Å². The largest absolute Gasteiger partial charge is 0.376 e. The maximum atomic E-state index is 13.3.